The zero-order chi connectivity index (χ0) is 21.9. The van der Waals surface area contributed by atoms with E-state index in [1.54, 1.807) is 0 Å². The number of pyridine rings is 1. The first-order valence-corrected chi connectivity index (χ1v) is 11.7. The van der Waals surface area contributed by atoms with Gasteiger partial charge in [0.15, 0.2) is 0 Å². The van der Waals surface area contributed by atoms with Crippen LogP contribution >= 0.6 is 24.8 Å². The third-order valence-corrected chi connectivity index (χ3v) is 6.82. The summed E-state index contributed by atoms with van der Waals surface area (Å²) in [6.45, 7) is 4.25. The Kier molecular flexibility index (Phi) is 9.19. The number of nitrogens with one attached hydrogen (secondary N) is 4. The van der Waals surface area contributed by atoms with Crippen LogP contribution in [0, 0.1) is 5.92 Å². The number of benzene rings is 1. The van der Waals surface area contributed by atoms with Crippen molar-refractivity contribution in [1.82, 2.24) is 20.2 Å². The summed E-state index contributed by atoms with van der Waals surface area (Å²) in [6.07, 6.45) is 6.61. The quantitative estimate of drug-likeness (QED) is 0.386. The molecule has 7 nitrogen and oxygen atoms in total. The number of hydrogen-bond donors (Lipinski definition) is 4. The van der Waals surface area contributed by atoms with E-state index in [0.717, 1.165) is 42.8 Å². The van der Waals surface area contributed by atoms with Gasteiger partial charge in [0.25, 0.3) is 5.91 Å². The number of amides is 1. The summed E-state index contributed by atoms with van der Waals surface area (Å²) in [5, 5.41) is 10.9. The molecule has 9 heteroatoms. The van der Waals surface area contributed by atoms with Gasteiger partial charge in [0.2, 0.25) is 0 Å². The highest BCUT2D eigenvalue weighted by Crippen LogP contribution is 2.32. The molecule has 1 amide bonds. The lowest BCUT2D eigenvalue weighted by Gasteiger charge is -2.23. The molecule has 1 aromatic carbocycles. The normalized spacial score (nSPS) is 18.8. The summed E-state index contributed by atoms with van der Waals surface area (Å²) in [5.41, 5.74) is 3.83. The summed E-state index contributed by atoms with van der Waals surface area (Å²) in [5.74, 6) is 1.09. The molecule has 2 aromatic heterocycles. The van der Waals surface area contributed by atoms with E-state index in [9.17, 15) is 4.79 Å². The number of carbonyl (C=O) groups excluding carboxylic acids is 1. The van der Waals surface area contributed by atoms with Gasteiger partial charge in [-0.05, 0) is 82.5 Å². The number of aromatic amines is 1. The first kappa shape index (κ1) is 26.3. The van der Waals surface area contributed by atoms with E-state index < -0.39 is 0 Å². The van der Waals surface area contributed by atoms with Crippen LogP contribution in [0.25, 0.3) is 10.9 Å². The van der Waals surface area contributed by atoms with E-state index in [2.05, 4.69) is 43.9 Å². The van der Waals surface area contributed by atoms with Crippen LogP contribution in [0.5, 0.6) is 0 Å². The molecule has 0 radical (unpaired) electrons. The molecular formula is C25H34Cl2N6O. The molecule has 0 bridgehead atoms. The predicted octanol–water partition coefficient (Wildman–Crippen LogP) is 4.84. The fraction of sp³-hybridized carbons (Fsp3) is 0.440. The summed E-state index contributed by atoms with van der Waals surface area (Å²) in [6, 6.07) is 12.2. The second-order valence-corrected chi connectivity index (χ2v) is 9.13. The van der Waals surface area contributed by atoms with Crippen molar-refractivity contribution in [2.24, 2.45) is 5.92 Å². The Hall–Kier alpha value is -2.32. The molecule has 3 aromatic rings. The van der Waals surface area contributed by atoms with Gasteiger partial charge in [0.1, 0.15) is 5.82 Å². The second kappa shape index (κ2) is 11.9. The number of nitrogens with zero attached hydrogens (tertiary/aromatic N) is 2. The molecule has 1 atom stereocenters. The van der Waals surface area contributed by atoms with Crippen molar-refractivity contribution in [3.63, 3.8) is 0 Å². The van der Waals surface area contributed by atoms with Crippen molar-refractivity contribution in [3.05, 3.63) is 53.9 Å². The fourth-order valence-electron chi connectivity index (χ4n) is 4.91. The molecule has 2 saturated heterocycles. The number of aromatic nitrogens is 2. The van der Waals surface area contributed by atoms with Gasteiger partial charge >= 0.3 is 0 Å². The number of halogens is 2. The third kappa shape index (κ3) is 6.02. The molecule has 0 aliphatic carbocycles. The predicted molar refractivity (Wildman–Crippen MR) is 144 cm³/mol. The minimum Gasteiger partial charge on any atom is -0.385 e. The zero-order valence-electron chi connectivity index (χ0n) is 19.5. The molecule has 4 heterocycles. The topological polar surface area (TPSA) is 85.1 Å². The number of fused-ring (bicyclic) bond motifs is 1. The van der Waals surface area contributed by atoms with Gasteiger partial charge in [-0.1, -0.05) is 6.07 Å². The first-order valence-electron chi connectivity index (χ1n) is 11.7. The van der Waals surface area contributed by atoms with Crippen molar-refractivity contribution in [2.75, 3.05) is 43.9 Å². The Bertz CT molecular complexity index is 1100. The van der Waals surface area contributed by atoms with Gasteiger partial charge in [-0.3, -0.25) is 9.69 Å². The monoisotopic (exact) mass is 504 g/mol. The fourth-order valence-corrected chi connectivity index (χ4v) is 4.91. The van der Waals surface area contributed by atoms with Crippen LogP contribution in [0.1, 0.15) is 47.8 Å². The lowest BCUT2D eigenvalue weighted by atomic mass is 9.98. The molecular weight excluding hydrogens is 471 g/mol. The molecule has 0 saturated carbocycles. The van der Waals surface area contributed by atoms with Crippen LogP contribution in [0.15, 0.2) is 42.6 Å². The summed E-state index contributed by atoms with van der Waals surface area (Å²) in [7, 11) is 2.17. The number of rotatable bonds is 6. The summed E-state index contributed by atoms with van der Waals surface area (Å²) in [4.78, 5) is 23.2. The highest BCUT2D eigenvalue weighted by Gasteiger charge is 2.24. The van der Waals surface area contributed by atoms with Gasteiger partial charge in [0, 0.05) is 47.2 Å². The smallest absolute Gasteiger partial charge is 0.256 e. The zero-order valence-corrected chi connectivity index (χ0v) is 21.1. The summed E-state index contributed by atoms with van der Waals surface area (Å²) < 4.78 is 0. The first-order chi connectivity index (χ1) is 15.7. The van der Waals surface area contributed by atoms with Gasteiger partial charge < -0.3 is 20.9 Å². The second-order valence-electron chi connectivity index (χ2n) is 9.13. The van der Waals surface area contributed by atoms with E-state index in [4.69, 9.17) is 0 Å². The molecule has 5 rings (SSSR count). The number of likely N-dealkylation sites (tertiary alicyclic amines) is 1. The summed E-state index contributed by atoms with van der Waals surface area (Å²) >= 11 is 0. The minimum absolute atomic E-state index is 0. The highest BCUT2D eigenvalue weighted by molar-refractivity contribution is 6.04. The van der Waals surface area contributed by atoms with E-state index in [0.29, 0.717) is 23.3 Å². The Labute approximate surface area is 213 Å². The van der Waals surface area contributed by atoms with Crippen molar-refractivity contribution in [1.29, 1.82) is 0 Å². The average molecular weight is 505 g/mol. The molecule has 184 valence electrons. The lowest BCUT2D eigenvalue weighted by molar-refractivity contribution is 0.102. The average Bonchev–Trinajstić information content (AvgIpc) is 3.44. The Morgan fingerprint density at radius 1 is 1.15 bits per heavy atom. The van der Waals surface area contributed by atoms with Crippen LogP contribution in [0.3, 0.4) is 0 Å². The number of H-pyrrole nitrogens is 1. The van der Waals surface area contributed by atoms with Crippen LogP contribution in [0.4, 0.5) is 11.5 Å². The van der Waals surface area contributed by atoms with Crippen molar-refractivity contribution >= 4 is 53.1 Å². The third-order valence-electron chi connectivity index (χ3n) is 6.82. The maximum absolute atomic E-state index is 12.9. The Balaban J connectivity index is 0.00000162. The van der Waals surface area contributed by atoms with Gasteiger partial charge in [-0.15, -0.1) is 24.8 Å². The number of anilines is 2. The molecule has 2 aliphatic heterocycles. The van der Waals surface area contributed by atoms with Crippen LogP contribution in [-0.2, 0) is 0 Å². The van der Waals surface area contributed by atoms with Crippen molar-refractivity contribution in [2.45, 2.75) is 31.7 Å². The van der Waals surface area contributed by atoms with Crippen molar-refractivity contribution < 1.29 is 4.79 Å². The highest BCUT2D eigenvalue weighted by atomic mass is 35.5. The van der Waals surface area contributed by atoms with E-state index >= 15 is 0 Å². The lowest BCUT2D eigenvalue weighted by Crippen LogP contribution is -2.31. The minimum atomic E-state index is -0.148. The number of piperidine rings is 1. The van der Waals surface area contributed by atoms with Gasteiger partial charge in [-0.2, -0.15) is 0 Å². The van der Waals surface area contributed by atoms with E-state index in [-0.39, 0.29) is 30.7 Å². The SMILES string of the molecule is CN1CCC[C@@H]1c1cc2cnc(NC(=O)c3cccc(NCC4CCNCC4)c3)cc2[nH]1.Cl.Cl. The number of hydrogen-bond acceptors (Lipinski definition) is 5. The van der Waals surface area contributed by atoms with E-state index in [1.807, 2.05) is 36.5 Å². The van der Waals surface area contributed by atoms with Crippen LogP contribution in [-0.4, -0.2) is 54.0 Å². The maximum Gasteiger partial charge on any atom is 0.256 e. The number of carbonyl (C=O) groups is 1. The molecule has 2 aliphatic rings. The van der Waals surface area contributed by atoms with E-state index in [1.165, 1.54) is 31.4 Å². The molecule has 0 unspecified atom stereocenters. The van der Waals surface area contributed by atoms with Gasteiger partial charge in [0.05, 0.1) is 5.52 Å². The molecule has 0 spiro atoms. The molecule has 4 N–H and O–H groups in total. The Morgan fingerprint density at radius 3 is 2.74 bits per heavy atom. The van der Waals surface area contributed by atoms with Crippen LogP contribution < -0.4 is 16.0 Å². The Morgan fingerprint density at radius 2 is 1.97 bits per heavy atom. The molecule has 34 heavy (non-hydrogen) atoms. The van der Waals surface area contributed by atoms with Crippen LogP contribution in [0.2, 0.25) is 0 Å². The molecule has 2 fully saturated rings. The standard InChI is InChI=1S/C25H32N6O.2ClH/c1-31-11-3-6-23(31)22-13-19-16-28-24(14-21(19)29-22)30-25(32)18-4-2-5-20(12-18)27-15-17-7-9-26-10-8-17;;/h2,4-5,12-14,16-17,23,26-27,29H,3,6-11,15H2,1H3,(H,28,30,32);2*1H/t23-;;/m1../s1. The van der Waals surface area contributed by atoms with Gasteiger partial charge in [-0.25, -0.2) is 4.98 Å². The largest absolute Gasteiger partial charge is 0.385 e. The van der Waals surface area contributed by atoms with Crippen molar-refractivity contribution in [3.8, 4) is 0 Å². The maximum atomic E-state index is 12.9.